The first-order valence-corrected chi connectivity index (χ1v) is 9.47. The smallest absolute Gasteiger partial charge is 0.272 e. The van der Waals surface area contributed by atoms with Crippen LogP contribution in [0.15, 0.2) is 18.2 Å². The third-order valence-electron chi connectivity index (χ3n) is 4.45. The lowest BCUT2D eigenvalue weighted by molar-refractivity contribution is -0.135. The molecule has 0 unspecified atom stereocenters. The minimum absolute atomic E-state index is 0.0227. The summed E-state index contributed by atoms with van der Waals surface area (Å²) in [5, 5.41) is 10.1. The molecule has 6 nitrogen and oxygen atoms in total. The Morgan fingerprint density at radius 1 is 1.32 bits per heavy atom. The number of aromatic amines is 1. The molecule has 3 rings (SSSR count). The van der Waals surface area contributed by atoms with Gasteiger partial charge in [-0.1, -0.05) is 13.8 Å². The lowest BCUT2D eigenvalue weighted by Gasteiger charge is -2.33. The molecule has 0 saturated carbocycles. The van der Waals surface area contributed by atoms with Gasteiger partial charge in [0, 0.05) is 29.9 Å². The molecule has 1 saturated heterocycles. The number of amides is 2. The maximum Gasteiger partial charge on any atom is 0.272 e. The highest BCUT2D eigenvalue weighted by atomic mass is 32.1. The highest BCUT2D eigenvalue weighted by molar-refractivity contribution is 7.15. The molecule has 0 atom stereocenters. The predicted molar refractivity (Wildman–Crippen MR) is 98.5 cm³/mol. The number of H-pyrrole nitrogens is 1. The number of carbonyl (C=O) groups is 2. The standard InChI is InChI=1S/C18H24N4O2S/c1-11(2)18(24)22-8-6-13(7-9-22)19-17(23)15-10-14(20-21-15)16-5-4-12(3)25-16/h4-5,10-11,13H,6-9H2,1-3H3,(H,19,23)(H,20,21). The number of rotatable bonds is 4. The summed E-state index contributed by atoms with van der Waals surface area (Å²) in [6.07, 6.45) is 1.57. The van der Waals surface area contributed by atoms with Crippen molar-refractivity contribution in [3.63, 3.8) is 0 Å². The topological polar surface area (TPSA) is 78.1 Å². The lowest BCUT2D eigenvalue weighted by atomic mass is 10.0. The molecular formula is C18H24N4O2S. The molecule has 1 aliphatic heterocycles. The van der Waals surface area contributed by atoms with Gasteiger partial charge in [0.25, 0.3) is 5.91 Å². The fourth-order valence-corrected chi connectivity index (χ4v) is 3.85. The summed E-state index contributed by atoms with van der Waals surface area (Å²) in [5.74, 6) is 0.0480. The highest BCUT2D eigenvalue weighted by Crippen LogP contribution is 2.26. The van der Waals surface area contributed by atoms with Crippen LogP contribution in [0.25, 0.3) is 10.6 Å². The van der Waals surface area contributed by atoms with Crippen molar-refractivity contribution in [2.75, 3.05) is 13.1 Å². The second-order valence-corrected chi connectivity index (χ2v) is 8.09. The Morgan fingerprint density at radius 2 is 2.04 bits per heavy atom. The quantitative estimate of drug-likeness (QED) is 0.880. The van der Waals surface area contributed by atoms with Crippen molar-refractivity contribution in [3.8, 4) is 10.6 Å². The molecule has 2 N–H and O–H groups in total. The first-order chi connectivity index (χ1) is 11.9. The first-order valence-electron chi connectivity index (χ1n) is 8.66. The van der Waals surface area contributed by atoms with Crippen molar-refractivity contribution in [1.29, 1.82) is 0 Å². The van der Waals surface area contributed by atoms with Crippen LogP contribution in [-0.2, 0) is 4.79 Å². The zero-order valence-electron chi connectivity index (χ0n) is 14.8. The monoisotopic (exact) mass is 360 g/mol. The van der Waals surface area contributed by atoms with Crippen LogP contribution in [0.3, 0.4) is 0 Å². The zero-order chi connectivity index (χ0) is 18.0. The van der Waals surface area contributed by atoms with E-state index in [-0.39, 0.29) is 23.8 Å². The molecule has 2 aromatic heterocycles. The van der Waals surface area contributed by atoms with Gasteiger partial charge in [0.2, 0.25) is 5.91 Å². The average molecular weight is 360 g/mol. The largest absolute Gasteiger partial charge is 0.348 e. The summed E-state index contributed by atoms with van der Waals surface area (Å²) >= 11 is 1.67. The minimum atomic E-state index is -0.163. The molecule has 7 heteroatoms. The molecule has 0 bridgehead atoms. The van der Waals surface area contributed by atoms with E-state index in [0.29, 0.717) is 18.8 Å². The molecule has 0 spiro atoms. The Morgan fingerprint density at radius 3 is 2.64 bits per heavy atom. The van der Waals surface area contributed by atoms with Crippen LogP contribution in [0.2, 0.25) is 0 Å². The molecule has 0 aromatic carbocycles. The zero-order valence-corrected chi connectivity index (χ0v) is 15.7. The van der Waals surface area contributed by atoms with Gasteiger partial charge in [0.05, 0.1) is 10.6 Å². The van der Waals surface area contributed by atoms with E-state index < -0.39 is 0 Å². The van der Waals surface area contributed by atoms with E-state index in [1.54, 1.807) is 17.4 Å². The van der Waals surface area contributed by atoms with Crippen molar-refractivity contribution in [2.45, 2.75) is 39.7 Å². The molecule has 2 amide bonds. The van der Waals surface area contributed by atoms with Gasteiger partial charge in [0.1, 0.15) is 0 Å². The van der Waals surface area contributed by atoms with Crippen LogP contribution >= 0.6 is 11.3 Å². The Balaban J connectivity index is 1.55. The summed E-state index contributed by atoms with van der Waals surface area (Å²) in [6, 6.07) is 5.95. The van der Waals surface area contributed by atoms with Crippen LogP contribution < -0.4 is 5.32 Å². The predicted octanol–water partition coefficient (Wildman–Crippen LogP) is 2.82. The van der Waals surface area contributed by atoms with E-state index in [4.69, 9.17) is 0 Å². The Hall–Kier alpha value is -2.15. The number of hydrogen-bond donors (Lipinski definition) is 2. The van der Waals surface area contributed by atoms with Gasteiger partial charge in [-0.3, -0.25) is 14.7 Å². The van der Waals surface area contributed by atoms with E-state index in [1.165, 1.54) is 4.88 Å². The second kappa shape index (κ2) is 7.39. The molecule has 0 aliphatic carbocycles. The normalized spacial score (nSPS) is 15.6. The van der Waals surface area contributed by atoms with Gasteiger partial charge in [-0.05, 0) is 38.0 Å². The summed E-state index contributed by atoms with van der Waals surface area (Å²) in [6.45, 7) is 7.28. The minimum Gasteiger partial charge on any atom is -0.348 e. The number of piperidine rings is 1. The lowest BCUT2D eigenvalue weighted by Crippen LogP contribution is -2.47. The molecule has 1 aliphatic rings. The second-order valence-electron chi connectivity index (χ2n) is 6.80. The van der Waals surface area contributed by atoms with Crippen LogP contribution in [0.4, 0.5) is 0 Å². The fraction of sp³-hybridized carbons (Fsp3) is 0.500. The number of nitrogens with one attached hydrogen (secondary N) is 2. The first kappa shape index (κ1) is 17.7. The summed E-state index contributed by atoms with van der Waals surface area (Å²) in [7, 11) is 0. The third kappa shape index (κ3) is 4.10. The summed E-state index contributed by atoms with van der Waals surface area (Å²) < 4.78 is 0. The summed E-state index contributed by atoms with van der Waals surface area (Å²) in [5.41, 5.74) is 1.27. The fourth-order valence-electron chi connectivity index (χ4n) is 3.01. The van der Waals surface area contributed by atoms with Gasteiger partial charge >= 0.3 is 0 Å². The number of carbonyl (C=O) groups excluding carboxylic acids is 2. The number of likely N-dealkylation sites (tertiary alicyclic amines) is 1. The molecule has 2 aromatic rings. The summed E-state index contributed by atoms with van der Waals surface area (Å²) in [4.78, 5) is 28.6. The molecular weight excluding hydrogens is 336 g/mol. The maximum atomic E-state index is 12.4. The number of hydrogen-bond acceptors (Lipinski definition) is 4. The maximum absolute atomic E-state index is 12.4. The molecule has 3 heterocycles. The van der Waals surface area contributed by atoms with Crippen molar-refractivity contribution in [1.82, 2.24) is 20.4 Å². The van der Waals surface area contributed by atoms with Crippen molar-refractivity contribution < 1.29 is 9.59 Å². The molecule has 134 valence electrons. The van der Waals surface area contributed by atoms with E-state index in [9.17, 15) is 9.59 Å². The SMILES string of the molecule is Cc1ccc(-c2cc(C(=O)NC3CCN(C(=O)C(C)C)CC3)n[nH]2)s1. The number of aromatic nitrogens is 2. The number of aryl methyl sites for hydroxylation is 1. The van der Waals surface area contributed by atoms with Gasteiger partial charge in [0.15, 0.2) is 5.69 Å². The molecule has 0 radical (unpaired) electrons. The number of thiophene rings is 1. The third-order valence-corrected chi connectivity index (χ3v) is 5.49. The molecule has 1 fully saturated rings. The van der Waals surface area contributed by atoms with Crippen LogP contribution in [0.1, 0.15) is 42.1 Å². The van der Waals surface area contributed by atoms with Gasteiger partial charge in [-0.2, -0.15) is 5.10 Å². The van der Waals surface area contributed by atoms with E-state index in [0.717, 1.165) is 23.4 Å². The van der Waals surface area contributed by atoms with Crippen molar-refractivity contribution in [3.05, 3.63) is 28.8 Å². The van der Waals surface area contributed by atoms with Crippen LogP contribution in [-0.4, -0.2) is 46.0 Å². The average Bonchev–Trinajstić information content (AvgIpc) is 3.23. The van der Waals surface area contributed by atoms with Crippen LogP contribution in [0, 0.1) is 12.8 Å². The van der Waals surface area contributed by atoms with Crippen LogP contribution in [0.5, 0.6) is 0 Å². The number of nitrogens with zero attached hydrogens (tertiary/aromatic N) is 2. The van der Waals surface area contributed by atoms with E-state index in [1.807, 2.05) is 30.9 Å². The highest BCUT2D eigenvalue weighted by Gasteiger charge is 2.25. The Bertz CT molecular complexity index is 757. The van der Waals surface area contributed by atoms with Crippen molar-refractivity contribution >= 4 is 23.2 Å². The van der Waals surface area contributed by atoms with E-state index >= 15 is 0 Å². The van der Waals surface area contributed by atoms with Gasteiger partial charge in [-0.15, -0.1) is 11.3 Å². The van der Waals surface area contributed by atoms with Crippen molar-refractivity contribution in [2.24, 2.45) is 5.92 Å². The molecule has 25 heavy (non-hydrogen) atoms. The Kier molecular flexibility index (Phi) is 5.22. The Labute approximate surface area is 151 Å². The van der Waals surface area contributed by atoms with Gasteiger partial charge in [-0.25, -0.2) is 0 Å². The van der Waals surface area contributed by atoms with E-state index in [2.05, 4.69) is 22.4 Å². The van der Waals surface area contributed by atoms with Gasteiger partial charge < -0.3 is 10.2 Å².